The van der Waals surface area contributed by atoms with Crippen LogP contribution in [0.4, 0.5) is 0 Å². The van der Waals surface area contributed by atoms with Gasteiger partial charge in [-0.15, -0.1) is 5.10 Å². The third kappa shape index (κ3) is 2.36. The van der Waals surface area contributed by atoms with Crippen LogP contribution in [-0.2, 0) is 6.42 Å². The average Bonchev–Trinajstić information content (AvgIpc) is 3.06. The van der Waals surface area contributed by atoms with Gasteiger partial charge in [0.25, 0.3) is 5.91 Å². The van der Waals surface area contributed by atoms with E-state index >= 15 is 0 Å². The standard InChI is InChI=1S/C13H21N5O/c1-2-4-11-15-12(17-16-11)13(19)18-6-3-5-9-7-14-8-10(9)18/h9-10,14H,2-8H2,1H3,(H,15,16,17). The van der Waals surface area contributed by atoms with Crippen molar-refractivity contribution in [1.29, 1.82) is 0 Å². The maximum absolute atomic E-state index is 12.5. The zero-order chi connectivity index (χ0) is 13.2. The van der Waals surface area contributed by atoms with Crippen molar-refractivity contribution in [1.82, 2.24) is 25.4 Å². The zero-order valence-corrected chi connectivity index (χ0v) is 11.4. The summed E-state index contributed by atoms with van der Waals surface area (Å²) in [6.07, 6.45) is 4.15. The Bertz CT molecular complexity index is 458. The number of rotatable bonds is 3. The second-order valence-corrected chi connectivity index (χ2v) is 5.48. The lowest BCUT2D eigenvalue weighted by atomic mass is 9.92. The van der Waals surface area contributed by atoms with Gasteiger partial charge in [0.15, 0.2) is 0 Å². The number of aryl methyl sites for hydroxylation is 1. The van der Waals surface area contributed by atoms with Crippen molar-refractivity contribution in [3.05, 3.63) is 11.6 Å². The number of likely N-dealkylation sites (tertiary alicyclic amines) is 1. The molecule has 1 aromatic heterocycles. The van der Waals surface area contributed by atoms with Crippen molar-refractivity contribution in [2.45, 2.75) is 38.6 Å². The van der Waals surface area contributed by atoms with Crippen LogP contribution in [0.2, 0.25) is 0 Å². The second kappa shape index (κ2) is 5.28. The lowest BCUT2D eigenvalue weighted by Crippen LogP contribution is -2.48. The summed E-state index contributed by atoms with van der Waals surface area (Å²) in [6, 6.07) is 0.328. The lowest BCUT2D eigenvalue weighted by Gasteiger charge is -2.36. The van der Waals surface area contributed by atoms with Crippen LogP contribution in [0.1, 0.15) is 42.6 Å². The molecule has 2 aliphatic heterocycles. The summed E-state index contributed by atoms with van der Waals surface area (Å²) in [6.45, 7) is 4.86. The Kier molecular flexibility index (Phi) is 3.50. The fourth-order valence-electron chi connectivity index (χ4n) is 3.19. The van der Waals surface area contributed by atoms with E-state index in [4.69, 9.17) is 0 Å². The fraction of sp³-hybridized carbons (Fsp3) is 0.769. The maximum atomic E-state index is 12.5. The molecule has 6 nitrogen and oxygen atoms in total. The Morgan fingerprint density at radius 1 is 1.47 bits per heavy atom. The first-order valence-corrected chi connectivity index (χ1v) is 7.22. The largest absolute Gasteiger partial charge is 0.331 e. The molecule has 3 rings (SSSR count). The van der Waals surface area contributed by atoms with Crippen molar-refractivity contribution in [2.24, 2.45) is 5.92 Å². The molecule has 0 aliphatic carbocycles. The zero-order valence-electron chi connectivity index (χ0n) is 11.4. The van der Waals surface area contributed by atoms with Crippen LogP contribution in [0.5, 0.6) is 0 Å². The number of carbonyl (C=O) groups is 1. The molecule has 1 aromatic rings. The molecule has 0 radical (unpaired) electrons. The van der Waals surface area contributed by atoms with Gasteiger partial charge in [0.1, 0.15) is 5.82 Å². The van der Waals surface area contributed by atoms with E-state index in [0.717, 1.165) is 44.7 Å². The van der Waals surface area contributed by atoms with Crippen molar-refractivity contribution >= 4 is 5.91 Å². The van der Waals surface area contributed by atoms with E-state index in [1.165, 1.54) is 6.42 Å². The highest BCUT2D eigenvalue weighted by Crippen LogP contribution is 2.27. The first kappa shape index (κ1) is 12.6. The van der Waals surface area contributed by atoms with Crippen LogP contribution in [0.25, 0.3) is 0 Å². The van der Waals surface area contributed by atoms with E-state index in [-0.39, 0.29) is 5.91 Å². The first-order chi connectivity index (χ1) is 9.29. The van der Waals surface area contributed by atoms with Crippen molar-refractivity contribution in [3.8, 4) is 0 Å². The lowest BCUT2D eigenvalue weighted by molar-refractivity contribution is 0.0562. The molecule has 0 saturated carbocycles. The van der Waals surface area contributed by atoms with Gasteiger partial charge in [0, 0.05) is 32.1 Å². The second-order valence-electron chi connectivity index (χ2n) is 5.48. The van der Waals surface area contributed by atoms with Gasteiger partial charge in [-0.05, 0) is 25.2 Å². The Hall–Kier alpha value is -1.43. The highest BCUT2D eigenvalue weighted by atomic mass is 16.2. The molecular formula is C13H21N5O. The predicted octanol–water partition coefficient (Wildman–Crippen LogP) is 0.581. The van der Waals surface area contributed by atoms with E-state index in [1.807, 2.05) is 4.90 Å². The highest BCUT2D eigenvalue weighted by Gasteiger charge is 2.38. The van der Waals surface area contributed by atoms with Gasteiger partial charge in [0.2, 0.25) is 5.82 Å². The van der Waals surface area contributed by atoms with Gasteiger partial charge in [-0.2, -0.15) is 0 Å². The van der Waals surface area contributed by atoms with Crippen LogP contribution in [0.3, 0.4) is 0 Å². The Balaban J connectivity index is 1.74. The van der Waals surface area contributed by atoms with Crippen molar-refractivity contribution in [3.63, 3.8) is 0 Å². The average molecular weight is 263 g/mol. The number of carbonyl (C=O) groups excluding carboxylic acids is 1. The molecule has 0 aromatic carbocycles. The van der Waals surface area contributed by atoms with Gasteiger partial charge in [0.05, 0.1) is 0 Å². The number of aromatic amines is 1. The minimum atomic E-state index is -0.0167. The maximum Gasteiger partial charge on any atom is 0.293 e. The number of H-pyrrole nitrogens is 1. The molecule has 0 spiro atoms. The molecule has 2 N–H and O–H groups in total. The highest BCUT2D eigenvalue weighted by molar-refractivity contribution is 5.90. The topological polar surface area (TPSA) is 73.9 Å². The number of hydrogen-bond acceptors (Lipinski definition) is 4. The summed E-state index contributed by atoms with van der Waals surface area (Å²) in [5, 5.41) is 10.3. The summed E-state index contributed by atoms with van der Waals surface area (Å²) in [7, 11) is 0. The smallest absolute Gasteiger partial charge is 0.293 e. The van der Waals surface area contributed by atoms with Crippen molar-refractivity contribution in [2.75, 3.05) is 19.6 Å². The number of aromatic nitrogens is 3. The van der Waals surface area contributed by atoms with E-state index in [2.05, 4.69) is 27.4 Å². The quantitative estimate of drug-likeness (QED) is 0.836. The number of hydrogen-bond donors (Lipinski definition) is 2. The Morgan fingerprint density at radius 3 is 3.21 bits per heavy atom. The summed E-state index contributed by atoms with van der Waals surface area (Å²) in [5.74, 6) is 1.73. The molecule has 19 heavy (non-hydrogen) atoms. The van der Waals surface area contributed by atoms with E-state index in [0.29, 0.717) is 17.8 Å². The van der Waals surface area contributed by atoms with Crippen LogP contribution >= 0.6 is 0 Å². The van der Waals surface area contributed by atoms with E-state index < -0.39 is 0 Å². The third-order valence-corrected chi connectivity index (χ3v) is 4.15. The van der Waals surface area contributed by atoms with Gasteiger partial charge in [-0.25, -0.2) is 4.98 Å². The summed E-state index contributed by atoms with van der Waals surface area (Å²) < 4.78 is 0. The molecule has 104 valence electrons. The monoisotopic (exact) mass is 263 g/mol. The first-order valence-electron chi connectivity index (χ1n) is 7.22. The number of amides is 1. The summed E-state index contributed by atoms with van der Waals surface area (Å²) in [5.41, 5.74) is 0. The molecule has 0 bridgehead atoms. The minimum Gasteiger partial charge on any atom is -0.331 e. The van der Waals surface area contributed by atoms with Gasteiger partial charge in [-0.1, -0.05) is 6.92 Å². The number of fused-ring (bicyclic) bond motifs is 1. The Labute approximate surface area is 113 Å². The molecular weight excluding hydrogens is 242 g/mol. The molecule has 6 heteroatoms. The molecule has 2 unspecified atom stereocenters. The van der Waals surface area contributed by atoms with Gasteiger partial charge >= 0.3 is 0 Å². The normalized spacial score (nSPS) is 26.5. The number of piperidine rings is 1. The van der Waals surface area contributed by atoms with Gasteiger partial charge in [-0.3, -0.25) is 9.89 Å². The SMILES string of the molecule is CCCc1nc(C(=O)N2CCCC3CNCC32)n[nH]1. The molecule has 2 atom stereocenters. The van der Waals surface area contributed by atoms with E-state index in [1.54, 1.807) is 0 Å². The fourth-order valence-corrected chi connectivity index (χ4v) is 3.19. The minimum absolute atomic E-state index is 0.0167. The van der Waals surface area contributed by atoms with E-state index in [9.17, 15) is 4.79 Å². The van der Waals surface area contributed by atoms with Crippen LogP contribution in [0, 0.1) is 5.92 Å². The predicted molar refractivity (Wildman–Crippen MR) is 70.8 cm³/mol. The molecule has 2 fully saturated rings. The molecule has 3 heterocycles. The Morgan fingerprint density at radius 2 is 2.37 bits per heavy atom. The van der Waals surface area contributed by atoms with Crippen LogP contribution in [0.15, 0.2) is 0 Å². The van der Waals surface area contributed by atoms with Crippen molar-refractivity contribution < 1.29 is 4.79 Å². The number of nitrogens with one attached hydrogen (secondary N) is 2. The molecule has 2 aliphatic rings. The van der Waals surface area contributed by atoms with Crippen LogP contribution in [-0.4, -0.2) is 51.7 Å². The third-order valence-electron chi connectivity index (χ3n) is 4.15. The summed E-state index contributed by atoms with van der Waals surface area (Å²) >= 11 is 0. The number of nitrogens with zero attached hydrogens (tertiary/aromatic N) is 3. The summed E-state index contributed by atoms with van der Waals surface area (Å²) in [4.78, 5) is 18.8. The molecule has 2 saturated heterocycles. The molecule has 1 amide bonds. The van der Waals surface area contributed by atoms with Gasteiger partial charge < -0.3 is 10.2 Å². The van der Waals surface area contributed by atoms with Crippen LogP contribution < -0.4 is 5.32 Å².